The molecule has 2 N–H and O–H groups in total. The number of amides is 2. The molecular formula is C26H24N4O3S. The molecule has 1 unspecified atom stereocenters. The lowest BCUT2D eigenvalue weighted by Crippen LogP contribution is -2.43. The van der Waals surface area contributed by atoms with E-state index in [-0.39, 0.29) is 23.6 Å². The SMILES string of the molecule is CC1=C(C(=O)Nc2ccccc2)C(c2cccc(NC(=O)c3ccco3)c2)N2CCCSC2=N1. The highest BCUT2D eigenvalue weighted by Gasteiger charge is 2.37. The number of furan rings is 1. The van der Waals surface area contributed by atoms with Crippen LogP contribution in [0.3, 0.4) is 0 Å². The second-order valence-corrected chi connectivity index (χ2v) is 9.13. The van der Waals surface area contributed by atoms with Crippen molar-refractivity contribution < 1.29 is 14.0 Å². The van der Waals surface area contributed by atoms with Gasteiger partial charge in [0.2, 0.25) is 0 Å². The predicted octanol–water partition coefficient (Wildman–Crippen LogP) is 5.29. The fourth-order valence-electron chi connectivity index (χ4n) is 4.21. The number of allylic oxidation sites excluding steroid dienone is 1. The monoisotopic (exact) mass is 472 g/mol. The molecule has 172 valence electrons. The standard InChI is InChI=1S/C26H24N4O3S/c1-17-22(25(32)28-19-9-3-2-4-10-19)23(30-13-7-15-34-26(30)27-17)18-8-5-11-20(16-18)29-24(31)21-12-6-14-33-21/h2-6,8-12,14,16,23H,7,13,15H2,1H3,(H,28,32)(H,29,31). The summed E-state index contributed by atoms with van der Waals surface area (Å²) in [5.41, 5.74) is 3.57. The highest BCUT2D eigenvalue weighted by molar-refractivity contribution is 8.13. The van der Waals surface area contributed by atoms with Crippen molar-refractivity contribution in [2.24, 2.45) is 4.99 Å². The summed E-state index contributed by atoms with van der Waals surface area (Å²) in [6, 6.07) is 20.0. The van der Waals surface area contributed by atoms with Gasteiger partial charge in [-0.25, -0.2) is 4.99 Å². The molecule has 0 aliphatic carbocycles. The lowest BCUT2D eigenvalue weighted by atomic mass is 9.93. The van der Waals surface area contributed by atoms with Crippen molar-refractivity contribution in [2.45, 2.75) is 19.4 Å². The Balaban J connectivity index is 1.50. The summed E-state index contributed by atoms with van der Waals surface area (Å²) in [6.07, 6.45) is 2.47. The van der Waals surface area contributed by atoms with E-state index in [0.717, 1.165) is 35.1 Å². The molecule has 1 fully saturated rings. The highest BCUT2D eigenvalue weighted by atomic mass is 32.2. The van der Waals surface area contributed by atoms with E-state index >= 15 is 0 Å². The van der Waals surface area contributed by atoms with E-state index in [1.54, 1.807) is 23.9 Å². The molecule has 3 heterocycles. The van der Waals surface area contributed by atoms with Crippen LogP contribution in [0.5, 0.6) is 0 Å². The number of para-hydroxylation sites is 1. The van der Waals surface area contributed by atoms with E-state index in [1.807, 2.05) is 61.5 Å². The number of aliphatic imine (C=N–C) groups is 1. The molecule has 8 heteroatoms. The maximum absolute atomic E-state index is 13.5. The maximum Gasteiger partial charge on any atom is 0.291 e. The number of anilines is 2. The van der Waals surface area contributed by atoms with Gasteiger partial charge in [-0.3, -0.25) is 9.59 Å². The number of nitrogens with one attached hydrogen (secondary N) is 2. The van der Waals surface area contributed by atoms with Gasteiger partial charge >= 0.3 is 0 Å². The molecule has 0 spiro atoms. The minimum absolute atomic E-state index is 0.183. The normalized spacial score (nSPS) is 17.6. The number of carbonyl (C=O) groups is 2. The topological polar surface area (TPSA) is 86.9 Å². The molecule has 2 aliphatic rings. The lowest BCUT2D eigenvalue weighted by Gasteiger charge is -2.41. The van der Waals surface area contributed by atoms with Crippen molar-refractivity contribution in [1.29, 1.82) is 0 Å². The molecule has 2 aromatic carbocycles. The molecule has 1 aromatic heterocycles. The van der Waals surface area contributed by atoms with Gasteiger partial charge in [-0.2, -0.15) is 0 Å². The Labute approximate surface area is 201 Å². The zero-order valence-electron chi connectivity index (χ0n) is 18.7. The van der Waals surface area contributed by atoms with Crippen molar-refractivity contribution in [3.63, 3.8) is 0 Å². The largest absolute Gasteiger partial charge is 0.459 e. The molecule has 0 radical (unpaired) electrons. The van der Waals surface area contributed by atoms with E-state index in [4.69, 9.17) is 9.41 Å². The Kier molecular flexibility index (Phi) is 6.22. The minimum atomic E-state index is -0.324. The fraction of sp³-hybridized carbons (Fsp3) is 0.192. The van der Waals surface area contributed by atoms with Crippen LogP contribution in [0.25, 0.3) is 0 Å². The van der Waals surface area contributed by atoms with E-state index in [0.29, 0.717) is 17.0 Å². The molecule has 2 amide bonds. The Hall–Kier alpha value is -3.78. The summed E-state index contributed by atoms with van der Waals surface area (Å²) in [5.74, 6) is 0.733. The molecule has 34 heavy (non-hydrogen) atoms. The van der Waals surface area contributed by atoms with Gasteiger partial charge in [0.15, 0.2) is 10.9 Å². The molecule has 0 bridgehead atoms. The second-order valence-electron chi connectivity index (χ2n) is 8.07. The Morgan fingerprint density at radius 3 is 2.59 bits per heavy atom. The number of hydrogen-bond donors (Lipinski definition) is 2. The van der Waals surface area contributed by atoms with Crippen LogP contribution < -0.4 is 10.6 Å². The highest BCUT2D eigenvalue weighted by Crippen LogP contribution is 2.40. The van der Waals surface area contributed by atoms with Crippen molar-refractivity contribution in [3.05, 3.63) is 95.6 Å². The van der Waals surface area contributed by atoms with Crippen molar-refractivity contribution in [1.82, 2.24) is 4.90 Å². The van der Waals surface area contributed by atoms with Crippen LogP contribution in [0.15, 0.2) is 93.7 Å². The number of fused-ring (bicyclic) bond motifs is 1. The first-order chi connectivity index (χ1) is 16.6. The number of rotatable bonds is 5. The number of amidine groups is 1. The third kappa shape index (κ3) is 4.49. The Bertz CT molecular complexity index is 1270. The summed E-state index contributed by atoms with van der Waals surface area (Å²) in [7, 11) is 0. The van der Waals surface area contributed by atoms with E-state index < -0.39 is 0 Å². The van der Waals surface area contributed by atoms with E-state index in [9.17, 15) is 9.59 Å². The fourth-order valence-corrected chi connectivity index (χ4v) is 5.23. The second kappa shape index (κ2) is 9.61. The van der Waals surface area contributed by atoms with Crippen LogP contribution in [-0.4, -0.2) is 34.2 Å². The summed E-state index contributed by atoms with van der Waals surface area (Å²) >= 11 is 1.71. The van der Waals surface area contributed by atoms with Crippen molar-refractivity contribution in [2.75, 3.05) is 22.9 Å². The van der Waals surface area contributed by atoms with Crippen LogP contribution in [0, 0.1) is 0 Å². The maximum atomic E-state index is 13.5. The smallest absolute Gasteiger partial charge is 0.291 e. The molecule has 5 rings (SSSR count). The molecule has 1 atom stereocenters. The van der Waals surface area contributed by atoms with Gasteiger partial charge in [-0.15, -0.1) is 0 Å². The number of carbonyl (C=O) groups excluding carboxylic acids is 2. The van der Waals surface area contributed by atoms with Gasteiger partial charge in [-0.1, -0.05) is 42.1 Å². The first-order valence-corrected chi connectivity index (χ1v) is 12.1. The molecular weight excluding hydrogens is 448 g/mol. The summed E-state index contributed by atoms with van der Waals surface area (Å²) in [5, 5.41) is 6.83. The molecule has 3 aromatic rings. The van der Waals surface area contributed by atoms with Crippen LogP contribution in [-0.2, 0) is 4.79 Å². The van der Waals surface area contributed by atoms with Gasteiger partial charge in [0.1, 0.15) is 0 Å². The first-order valence-electron chi connectivity index (χ1n) is 11.1. The van der Waals surface area contributed by atoms with Crippen LogP contribution in [0.4, 0.5) is 11.4 Å². The van der Waals surface area contributed by atoms with Crippen LogP contribution in [0.1, 0.15) is 35.5 Å². The Morgan fingerprint density at radius 1 is 1.00 bits per heavy atom. The average molecular weight is 473 g/mol. The number of benzene rings is 2. The zero-order chi connectivity index (χ0) is 23.5. The lowest BCUT2D eigenvalue weighted by molar-refractivity contribution is -0.113. The Morgan fingerprint density at radius 2 is 1.79 bits per heavy atom. The average Bonchev–Trinajstić information content (AvgIpc) is 3.39. The third-order valence-electron chi connectivity index (χ3n) is 5.74. The predicted molar refractivity (Wildman–Crippen MR) is 135 cm³/mol. The summed E-state index contributed by atoms with van der Waals surface area (Å²) in [4.78, 5) is 33.0. The van der Waals surface area contributed by atoms with Gasteiger partial charge in [0, 0.05) is 23.7 Å². The third-order valence-corrected chi connectivity index (χ3v) is 6.82. The molecule has 2 aliphatic heterocycles. The van der Waals surface area contributed by atoms with Gasteiger partial charge in [-0.05, 0) is 55.3 Å². The first kappa shape index (κ1) is 22.0. The van der Waals surface area contributed by atoms with Crippen LogP contribution >= 0.6 is 11.8 Å². The van der Waals surface area contributed by atoms with Crippen molar-refractivity contribution in [3.8, 4) is 0 Å². The zero-order valence-corrected chi connectivity index (χ0v) is 19.5. The van der Waals surface area contributed by atoms with Gasteiger partial charge < -0.3 is 20.0 Å². The van der Waals surface area contributed by atoms with E-state index in [2.05, 4.69) is 15.5 Å². The minimum Gasteiger partial charge on any atom is -0.459 e. The van der Waals surface area contributed by atoms with Gasteiger partial charge in [0.25, 0.3) is 11.8 Å². The quantitative estimate of drug-likeness (QED) is 0.527. The number of hydrogen-bond acceptors (Lipinski definition) is 6. The summed E-state index contributed by atoms with van der Waals surface area (Å²) in [6.45, 7) is 2.68. The molecule has 1 saturated heterocycles. The molecule has 7 nitrogen and oxygen atoms in total. The number of nitrogens with zero attached hydrogens (tertiary/aromatic N) is 2. The van der Waals surface area contributed by atoms with E-state index in [1.165, 1.54) is 6.26 Å². The number of thioether (sulfide) groups is 1. The summed E-state index contributed by atoms with van der Waals surface area (Å²) < 4.78 is 5.20. The van der Waals surface area contributed by atoms with Gasteiger partial charge in [0.05, 0.1) is 23.6 Å². The van der Waals surface area contributed by atoms with Crippen molar-refractivity contribution >= 4 is 40.1 Å². The molecule has 0 saturated carbocycles. The van der Waals surface area contributed by atoms with Crippen LogP contribution in [0.2, 0.25) is 0 Å².